The van der Waals surface area contributed by atoms with Gasteiger partial charge in [0.05, 0.1) is 6.61 Å². The summed E-state index contributed by atoms with van der Waals surface area (Å²) in [5.41, 5.74) is 0. The van der Waals surface area contributed by atoms with E-state index in [1.165, 1.54) is 0 Å². The van der Waals surface area contributed by atoms with Crippen molar-refractivity contribution in [3.05, 3.63) is 0 Å². The zero-order valence-corrected chi connectivity index (χ0v) is 10.5. The van der Waals surface area contributed by atoms with Crippen molar-refractivity contribution in [2.75, 3.05) is 26.8 Å². The van der Waals surface area contributed by atoms with E-state index in [1.807, 2.05) is 0 Å². The van der Waals surface area contributed by atoms with Crippen molar-refractivity contribution in [3.63, 3.8) is 0 Å². The lowest BCUT2D eigenvalue weighted by molar-refractivity contribution is -0.138. The lowest BCUT2D eigenvalue weighted by Crippen LogP contribution is -2.40. The summed E-state index contributed by atoms with van der Waals surface area (Å²) in [5.74, 6) is 0.179. The third kappa shape index (κ3) is 3.76. The van der Waals surface area contributed by atoms with Crippen LogP contribution in [0, 0.1) is 11.8 Å². The van der Waals surface area contributed by atoms with Gasteiger partial charge in [-0.3, -0.25) is 9.69 Å². The first kappa shape index (κ1) is 13.5. The second-order valence-corrected chi connectivity index (χ2v) is 5.01. The number of carboxylic acid groups (broad SMARTS) is 1. The van der Waals surface area contributed by atoms with Crippen LogP contribution >= 0.6 is 0 Å². The summed E-state index contributed by atoms with van der Waals surface area (Å²) in [6, 6.07) is 0.420. The Morgan fingerprint density at radius 3 is 2.75 bits per heavy atom. The fourth-order valence-corrected chi connectivity index (χ4v) is 2.47. The number of carbonyl (C=O) groups is 1. The van der Waals surface area contributed by atoms with Crippen LogP contribution in [-0.2, 0) is 9.53 Å². The number of carboxylic acids is 1. The molecule has 1 aliphatic rings. The topological polar surface area (TPSA) is 49.8 Å². The lowest BCUT2D eigenvalue weighted by atomic mass is 10.0. The first-order valence-electron chi connectivity index (χ1n) is 5.99. The Balaban J connectivity index is 2.46. The van der Waals surface area contributed by atoms with Crippen molar-refractivity contribution in [2.45, 2.75) is 32.7 Å². The summed E-state index contributed by atoms with van der Waals surface area (Å²) in [7, 11) is 1.72. The molecule has 16 heavy (non-hydrogen) atoms. The minimum Gasteiger partial charge on any atom is -0.481 e. The fourth-order valence-electron chi connectivity index (χ4n) is 2.47. The second kappa shape index (κ2) is 6.21. The second-order valence-electron chi connectivity index (χ2n) is 5.01. The number of rotatable bonds is 6. The minimum atomic E-state index is -0.681. The van der Waals surface area contributed by atoms with E-state index in [1.54, 1.807) is 7.11 Å². The van der Waals surface area contributed by atoms with E-state index in [2.05, 4.69) is 18.7 Å². The monoisotopic (exact) mass is 229 g/mol. The molecule has 0 aromatic carbocycles. The highest BCUT2D eigenvalue weighted by molar-refractivity contribution is 5.67. The van der Waals surface area contributed by atoms with Crippen molar-refractivity contribution < 1.29 is 14.6 Å². The van der Waals surface area contributed by atoms with Crippen LogP contribution in [0.15, 0.2) is 0 Å². The molecular weight excluding hydrogens is 206 g/mol. The molecule has 0 radical (unpaired) electrons. The molecule has 1 rings (SSSR count). The Morgan fingerprint density at radius 1 is 1.56 bits per heavy atom. The number of methoxy groups -OCH3 is 1. The van der Waals surface area contributed by atoms with Crippen LogP contribution < -0.4 is 0 Å². The molecule has 0 aliphatic carbocycles. The summed E-state index contributed by atoms with van der Waals surface area (Å²) in [4.78, 5) is 13.0. The van der Waals surface area contributed by atoms with E-state index in [0.717, 1.165) is 26.1 Å². The number of nitrogens with zero attached hydrogens (tertiary/aromatic N) is 1. The van der Waals surface area contributed by atoms with Gasteiger partial charge >= 0.3 is 5.97 Å². The Hall–Kier alpha value is -0.610. The van der Waals surface area contributed by atoms with Crippen LogP contribution in [-0.4, -0.2) is 48.8 Å². The first-order chi connectivity index (χ1) is 7.54. The van der Waals surface area contributed by atoms with Crippen LogP contribution in [0.4, 0.5) is 0 Å². The summed E-state index contributed by atoms with van der Waals surface area (Å²) >= 11 is 0. The van der Waals surface area contributed by atoms with Gasteiger partial charge in [0, 0.05) is 26.1 Å². The molecule has 1 aliphatic heterocycles. The Morgan fingerprint density at radius 2 is 2.25 bits per heavy atom. The third-order valence-corrected chi connectivity index (χ3v) is 3.36. The van der Waals surface area contributed by atoms with Crippen LogP contribution in [0.5, 0.6) is 0 Å². The van der Waals surface area contributed by atoms with Crippen molar-refractivity contribution in [1.82, 2.24) is 4.90 Å². The molecule has 0 spiro atoms. The Kier molecular flexibility index (Phi) is 5.22. The maximum absolute atomic E-state index is 10.6. The summed E-state index contributed by atoms with van der Waals surface area (Å²) < 4.78 is 5.24. The quantitative estimate of drug-likeness (QED) is 0.749. The molecule has 1 saturated heterocycles. The largest absolute Gasteiger partial charge is 0.481 e. The lowest BCUT2D eigenvalue weighted by Gasteiger charge is -2.30. The molecule has 1 heterocycles. The van der Waals surface area contributed by atoms with Gasteiger partial charge in [0.2, 0.25) is 0 Å². The zero-order valence-electron chi connectivity index (χ0n) is 10.5. The van der Waals surface area contributed by atoms with E-state index in [4.69, 9.17) is 9.84 Å². The number of likely N-dealkylation sites (tertiary alicyclic amines) is 1. The molecule has 1 fully saturated rings. The zero-order chi connectivity index (χ0) is 12.1. The van der Waals surface area contributed by atoms with Gasteiger partial charge in [-0.2, -0.15) is 0 Å². The van der Waals surface area contributed by atoms with Gasteiger partial charge in [0.25, 0.3) is 0 Å². The smallest absolute Gasteiger partial charge is 0.303 e. The standard InChI is InChI=1S/C12H23NO3/c1-9(2)11(8-16-3)13-5-4-10(7-13)6-12(14)15/h9-11H,4-8H2,1-3H3,(H,14,15). The molecule has 2 atom stereocenters. The number of ether oxygens (including phenoxy) is 1. The summed E-state index contributed by atoms with van der Waals surface area (Å²) in [6.45, 7) is 7.02. The van der Waals surface area contributed by atoms with Gasteiger partial charge in [0.1, 0.15) is 0 Å². The number of hydrogen-bond donors (Lipinski definition) is 1. The number of hydrogen-bond acceptors (Lipinski definition) is 3. The molecular formula is C12H23NO3. The van der Waals surface area contributed by atoms with Crippen LogP contribution in [0.1, 0.15) is 26.7 Å². The maximum Gasteiger partial charge on any atom is 0.303 e. The van der Waals surface area contributed by atoms with Gasteiger partial charge in [-0.05, 0) is 24.8 Å². The van der Waals surface area contributed by atoms with E-state index >= 15 is 0 Å². The molecule has 2 unspecified atom stereocenters. The Bertz CT molecular complexity index is 230. The molecule has 0 amide bonds. The van der Waals surface area contributed by atoms with Gasteiger partial charge in [-0.25, -0.2) is 0 Å². The van der Waals surface area contributed by atoms with Gasteiger partial charge in [-0.15, -0.1) is 0 Å². The summed E-state index contributed by atoms with van der Waals surface area (Å²) in [5, 5.41) is 8.77. The molecule has 0 aromatic rings. The number of aliphatic carboxylic acids is 1. The van der Waals surface area contributed by atoms with Crippen LogP contribution in [0.2, 0.25) is 0 Å². The van der Waals surface area contributed by atoms with Crippen molar-refractivity contribution in [1.29, 1.82) is 0 Å². The maximum atomic E-state index is 10.6. The van der Waals surface area contributed by atoms with Gasteiger partial charge in [0.15, 0.2) is 0 Å². The van der Waals surface area contributed by atoms with Gasteiger partial charge < -0.3 is 9.84 Å². The van der Waals surface area contributed by atoms with E-state index < -0.39 is 5.97 Å². The van der Waals surface area contributed by atoms with Crippen molar-refractivity contribution >= 4 is 5.97 Å². The van der Waals surface area contributed by atoms with Crippen molar-refractivity contribution in [3.8, 4) is 0 Å². The molecule has 94 valence electrons. The average molecular weight is 229 g/mol. The average Bonchev–Trinajstić information content (AvgIpc) is 2.60. The summed E-state index contributed by atoms with van der Waals surface area (Å²) in [6.07, 6.45) is 1.30. The highest BCUT2D eigenvalue weighted by Gasteiger charge is 2.30. The minimum absolute atomic E-state index is 0.300. The molecule has 4 heteroatoms. The van der Waals surface area contributed by atoms with Crippen LogP contribution in [0.25, 0.3) is 0 Å². The SMILES string of the molecule is COCC(C(C)C)N1CCC(CC(=O)O)C1. The highest BCUT2D eigenvalue weighted by Crippen LogP contribution is 2.24. The van der Waals surface area contributed by atoms with Crippen LogP contribution in [0.3, 0.4) is 0 Å². The van der Waals surface area contributed by atoms with Crippen molar-refractivity contribution in [2.24, 2.45) is 11.8 Å². The predicted molar refractivity (Wildman–Crippen MR) is 62.4 cm³/mol. The molecule has 0 aromatic heterocycles. The fraction of sp³-hybridized carbons (Fsp3) is 0.917. The highest BCUT2D eigenvalue weighted by atomic mass is 16.5. The van der Waals surface area contributed by atoms with Gasteiger partial charge in [-0.1, -0.05) is 13.8 Å². The molecule has 1 N–H and O–H groups in total. The van der Waals surface area contributed by atoms with E-state index in [0.29, 0.717) is 24.3 Å². The predicted octanol–water partition coefficient (Wildman–Crippen LogP) is 1.45. The molecule has 4 nitrogen and oxygen atoms in total. The van der Waals surface area contributed by atoms with E-state index in [9.17, 15) is 4.79 Å². The third-order valence-electron chi connectivity index (χ3n) is 3.36. The molecule has 0 saturated carbocycles. The normalized spacial score (nSPS) is 23.9. The Labute approximate surface area is 97.6 Å². The van der Waals surface area contributed by atoms with E-state index in [-0.39, 0.29) is 0 Å². The molecule has 0 bridgehead atoms. The first-order valence-corrected chi connectivity index (χ1v) is 5.99.